The van der Waals surface area contributed by atoms with Crippen LogP contribution in [0.2, 0.25) is 0 Å². The largest absolute Gasteiger partial charge is 0.390 e. The third-order valence-electron chi connectivity index (χ3n) is 3.13. The minimum atomic E-state index is -0.485. The molecule has 1 aliphatic rings. The van der Waals surface area contributed by atoms with Gasteiger partial charge in [0, 0.05) is 5.92 Å². The lowest BCUT2D eigenvalue weighted by Crippen LogP contribution is -2.26. The summed E-state index contributed by atoms with van der Waals surface area (Å²) in [6, 6.07) is 10.3. The Morgan fingerprint density at radius 1 is 1.31 bits per heavy atom. The summed E-state index contributed by atoms with van der Waals surface area (Å²) in [5, 5.41) is 10.1. The number of benzene rings is 1. The van der Waals surface area contributed by atoms with Crippen LogP contribution in [0.3, 0.4) is 0 Å². The van der Waals surface area contributed by atoms with E-state index < -0.39 is 5.60 Å². The molecular formula is C12H16O. The number of aliphatic hydroxyl groups is 1. The molecule has 0 heterocycles. The van der Waals surface area contributed by atoms with Crippen molar-refractivity contribution >= 4 is 0 Å². The van der Waals surface area contributed by atoms with Crippen LogP contribution < -0.4 is 0 Å². The van der Waals surface area contributed by atoms with Crippen molar-refractivity contribution in [3.63, 3.8) is 0 Å². The fourth-order valence-electron chi connectivity index (χ4n) is 2.36. The second kappa shape index (κ2) is 3.15. The quantitative estimate of drug-likeness (QED) is 0.697. The van der Waals surface area contributed by atoms with Crippen molar-refractivity contribution in [2.45, 2.75) is 37.7 Å². The first kappa shape index (κ1) is 8.76. The summed E-state index contributed by atoms with van der Waals surface area (Å²) in [5.41, 5.74) is 0.798. The Kier molecular flexibility index (Phi) is 2.12. The van der Waals surface area contributed by atoms with E-state index in [4.69, 9.17) is 0 Å². The molecule has 70 valence electrons. The normalized spacial score (nSPS) is 33.5. The molecule has 0 aliphatic heterocycles. The van der Waals surface area contributed by atoms with Gasteiger partial charge in [0.05, 0.1) is 5.60 Å². The highest BCUT2D eigenvalue weighted by Gasteiger charge is 2.37. The highest BCUT2D eigenvalue weighted by molar-refractivity contribution is 5.23. The van der Waals surface area contributed by atoms with Crippen LogP contribution in [0.1, 0.15) is 37.7 Å². The topological polar surface area (TPSA) is 20.2 Å². The maximum absolute atomic E-state index is 10.1. The average Bonchev–Trinajstić information content (AvgIpc) is 2.47. The Hall–Kier alpha value is -0.820. The van der Waals surface area contributed by atoms with E-state index in [9.17, 15) is 5.11 Å². The van der Waals surface area contributed by atoms with Gasteiger partial charge < -0.3 is 5.11 Å². The van der Waals surface area contributed by atoms with Crippen LogP contribution in [0.15, 0.2) is 30.3 Å². The average molecular weight is 176 g/mol. The predicted molar refractivity (Wildman–Crippen MR) is 53.7 cm³/mol. The Labute approximate surface area is 79.4 Å². The predicted octanol–water partition coefficient (Wildman–Crippen LogP) is 2.71. The first-order valence-corrected chi connectivity index (χ1v) is 4.97. The molecule has 1 nitrogen and oxygen atoms in total. The zero-order chi connectivity index (χ0) is 9.31. The van der Waals surface area contributed by atoms with E-state index in [1.807, 2.05) is 25.1 Å². The Balaban J connectivity index is 2.27. The van der Waals surface area contributed by atoms with Crippen molar-refractivity contribution in [2.75, 3.05) is 0 Å². The molecule has 0 radical (unpaired) electrons. The lowest BCUT2D eigenvalue weighted by atomic mass is 9.87. The molecule has 0 bridgehead atoms. The molecule has 0 spiro atoms. The Morgan fingerprint density at radius 2 is 2.00 bits per heavy atom. The fraction of sp³-hybridized carbons (Fsp3) is 0.500. The Bertz CT molecular complexity index is 276. The van der Waals surface area contributed by atoms with E-state index in [-0.39, 0.29) is 0 Å². The highest BCUT2D eigenvalue weighted by atomic mass is 16.3. The van der Waals surface area contributed by atoms with Crippen molar-refractivity contribution in [3.8, 4) is 0 Å². The molecule has 0 aromatic heterocycles. The standard InChI is InChI=1S/C12H16O/c1-12(13)9-5-8-11(12)10-6-3-2-4-7-10/h2-4,6-7,11,13H,5,8-9H2,1H3/t11-,12+/m1/s1. The minimum absolute atomic E-state index is 0.341. The van der Waals surface area contributed by atoms with Crippen molar-refractivity contribution in [1.82, 2.24) is 0 Å². The smallest absolute Gasteiger partial charge is 0.0688 e. The molecule has 1 aromatic carbocycles. The molecule has 1 N–H and O–H groups in total. The number of rotatable bonds is 1. The summed E-state index contributed by atoms with van der Waals surface area (Å²) in [6.07, 6.45) is 3.20. The van der Waals surface area contributed by atoms with E-state index in [0.717, 1.165) is 19.3 Å². The molecule has 0 unspecified atom stereocenters. The van der Waals surface area contributed by atoms with E-state index in [1.165, 1.54) is 5.56 Å². The van der Waals surface area contributed by atoms with Gasteiger partial charge in [-0.05, 0) is 31.7 Å². The number of hydrogen-bond acceptors (Lipinski definition) is 1. The monoisotopic (exact) mass is 176 g/mol. The van der Waals surface area contributed by atoms with Gasteiger partial charge in [0.15, 0.2) is 0 Å². The molecule has 1 fully saturated rings. The number of hydrogen-bond donors (Lipinski definition) is 1. The Morgan fingerprint density at radius 3 is 2.54 bits per heavy atom. The third-order valence-corrected chi connectivity index (χ3v) is 3.13. The van der Waals surface area contributed by atoms with E-state index >= 15 is 0 Å². The van der Waals surface area contributed by atoms with Crippen molar-refractivity contribution in [2.24, 2.45) is 0 Å². The van der Waals surface area contributed by atoms with Gasteiger partial charge in [0.2, 0.25) is 0 Å². The van der Waals surface area contributed by atoms with Crippen molar-refractivity contribution in [1.29, 1.82) is 0 Å². The maximum atomic E-state index is 10.1. The summed E-state index contributed by atoms with van der Waals surface area (Å²) < 4.78 is 0. The van der Waals surface area contributed by atoms with Crippen molar-refractivity contribution < 1.29 is 5.11 Å². The lowest BCUT2D eigenvalue weighted by molar-refractivity contribution is 0.0497. The first-order valence-electron chi connectivity index (χ1n) is 4.97. The van der Waals surface area contributed by atoms with Crippen LogP contribution in [-0.4, -0.2) is 10.7 Å². The summed E-state index contributed by atoms with van der Waals surface area (Å²) in [6.45, 7) is 1.96. The molecule has 0 saturated heterocycles. The zero-order valence-corrected chi connectivity index (χ0v) is 8.03. The van der Waals surface area contributed by atoms with Gasteiger partial charge in [-0.1, -0.05) is 30.3 Å². The third kappa shape index (κ3) is 1.61. The molecule has 1 saturated carbocycles. The van der Waals surface area contributed by atoms with E-state index in [2.05, 4.69) is 12.1 Å². The van der Waals surface area contributed by atoms with Gasteiger partial charge in [-0.2, -0.15) is 0 Å². The molecule has 0 amide bonds. The van der Waals surface area contributed by atoms with Crippen LogP contribution in [-0.2, 0) is 0 Å². The summed E-state index contributed by atoms with van der Waals surface area (Å²) in [7, 11) is 0. The fourth-order valence-corrected chi connectivity index (χ4v) is 2.36. The van der Waals surface area contributed by atoms with E-state index in [1.54, 1.807) is 0 Å². The molecule has 2 atom stereocenters. The van der Waals surface area contributed by atoms with Crippen LogP contribution in [0.5, 0.6) is 0 Å². The molecular weight excluding hydrogens is 160 g/mol. The van der Waals surface area contributed by atoms with Crippen LogP contribution in [0.25, 0.3) is 0 Å². The van der Waals surface area contributed by atoms with Gasteiger partial charge >= 0.3 is 0 Å². The van der Waals surface area contributed by atoms with Crippen molar-refractivity contribution in [3.05, 3.63) is 35.9 Å². The van der Waals surface area contributed by atoms with Crippen LogP contribution in [0.4, 0.5) is 0 Å². The highest BCUT2D eigenvalue weighted by Crippen LogP contribution is 2.42. The van der Waals surface area contributed by atoms with E-state index in [0.29, 0.717) is 5.92 Å². The lowest BCUT2D eigenvalue weighted by Gasteiger charge is -2.25. The zero-order valence-electron chi connectivity index (χ0n) is 8.03. The van der Waals surface area contributed by atoms with Crippen LogP contribution in [0, 0.1) is 0 Å². The van der Waals surface area contributed by atoms with Gasteiger partial charge in [0.1, 0.15) is 0 Å². The molecule has 1 heteroatoms. The molecule has 1 aromatic rings. The second-order valence-electron chi connectivity index (χ2n) is 4.21. The second-order valence-corrected chi connectivity index (χ2v) is 4.21. The molecule has 1 aliphatic carbocycles. The van der Waals surface area contributed by atoms with Crippen LogP contribution >= 0.6 is 0 Å². The molecule has 2 rings (SSSR count). The van der Waals surface area contributed by atoms with Gasteiger partial charge in [0.25, 0.3) is 0 Å². The minimum Gasteiger partial charge on any atom is -0.390 e. The summed E-state index contributed by atoms with van der Waals surface area (Å²) in [5.74, 6) is 0.341. The summed E-state index contributed by atoms with van der Waals surface area (Å²) >= 11 is 0. The van der Waals surface area contributed by atoms with Gasteiger partial charge in [-0.25, -0.2) is 0 Å². The first-order chi connectivity index (χ1) is 6.20. The maximum Gasteiger partial charge on any atom is 0.0688 e. The molecule has 13 heavy (non-hydrogen) atoms. The van der Waals surface area contributed by atoms with Gasteiger partial charge in [-0.15, -0.1) is 0 Å². The van der Waals surface area contributed by atoms with Gasteiger partial charge in [-0.3, -0.25) is 0 Å². The SMILES string of the molecule is C[C@]1(O)CCC[C@@H]1c1ccccc1. The summed E-state index contributed by atoms with van der Waals surface area (Å²) in [4.78, 5) is 0.